The molecule has 2 aliphatic rings. The van der Waals surface area contributed by atoms with Gasteiger partial charge in [-0.25, -0.2) is 0 Å². The van der Waals surface area contributed by atoms with Gasteiger partial charge in [0, 0.05) is 24.8 Å². The highest BCUT2D eigenvalue weighted by Gasteiger charge is 2.29. The number of carbonyl (C=O) groups excluding carboxylic acids is 1. The number of ether oxygens (including phenoxy) is 2. The molecule has 26 heavy (non-hydrogen) atoms. The Kier molecular flexibility index (Phi) is 4.24. The Morgan fingerprint density at radius 2 is 2.08 bits per heavy atom. The molecule has 1 aliphatic carbocycles. The van der Waals surface area contributed by atoms with E-state index in [0.29, 0.717) is 29.4 Å². The Morgan fingerprint density at radius 1 is 1.23 bits per heavy atom. The zero-order valence-corrected chi connectivity index (χ0v) is 14.9. The highest BCUT2D eigenvalue weighted by Crippen LogP contribution is 2.28. The first-order valence-electron chi connectivity index (χ1n) is 8.67. The fourth-order valence-corrected chi connectivity index (χ4v) is 3.47. The molecule has 4 rings (SSSR count). The standard InChI is InChI=1S/C20H21N3O3/c1-25-16-4-3-12(9-17(16)26-2)5-7-22-15-10-14-18-13(6-8-21-14)11-23-19(18)20(15)24/h3-4,9-11,22-23H,5-8H2,1-2H3. The third-order valence-corrected chi connectivity index (χ3v) is 4.81. The normalized spacial score (nSPS) is 15.1. The van der Waals surface area contributed by atoms with Crippen molar-refractivity contribution in [2.75, 3.05) is 27.3 Å². The van der Waals surface area contributed by atoms with Crippen molar-refractivity contribution in [2.24, 2.45) is 4.99 Å². The first kappa shape index (κ1) is 16.4. The van der Waals surface area contributed by atoms with Crippen molar-refractivity contribution in [2.45, 2.75) is 12.8 Å². The van der Waals surface area contributed by atoms with Crippen molar-refractivity contribution in [3.05, 3.63) is 58.6 Å². The van der Waals surface area contributed by atoms with E-state index in [2.05, 4.69) is 15.3 Å². The predicted octanol–water partition coefficient (Wildman–Crippen LogP) is 2.29. The van der Waals surface area contributed by atoms with Crippen LogP contribution in [-0.2, 0) is 12.8 Å². The van der Waals surface area contributed by atoms with E-state index in [9.17, 15) is 4.79 Å². The molecule has 6 nitrogen and oxygen atoms in total. The molecule has 0 saturated heterocycles. The first-order chi connectivity index (χ1) is 12.7. The summed E-state index contributed by atoms with van der Waals surface area (Å²) < 4.78 is 10.6. The van der Waals surface area contributed by atoms with Gasteiger partial charge in [0.15, 0.2) is 11.5 Å². The molecule has 0 saturated carbocycles. The number of aromatic amines is 1. The summed E-state index contributed by atoms with van der Waals surface area (Å²) in [5.41, 5.74) is 5.40. The van der Waals surface area contributed by atoms with E-state index in [1.807, 2.05) is 30.5 Å². The van der Waals surface area contributed by atoms with Crippen LogP contribution in [0.4, 0.5) is 0 Å². The molecular weight excluding hydrogens is 330 g/mol. The molecule has 134 valence electrons. The van der Waals surface area contributed by atoms with Crippen molar-refractivity contribution in [1.82, 2.24) is 10.3 Å². The Balaban J connectivity index is 1.46. The number of ketones is 1. The van der Waals surface area contributed by atoms with Gasteiger partial charge in [-0.1, -0.05) is 6.07 Å². The summed E-state index contributed by atoms with van der Waals surface area (Å²) >= 11 is 0. The molecule has 2 aromatic rings. The van der Waals surface area contributed by atoms with Gasteiger partial charge in [0.25, 0.3) is 0 Å². The van der Waals surface area contributed by atoms with E-state index < -0.39 is 0 Å². The molecule has 0 radical (unpaired) electrons. The second kappa shape index (κ2) is 6.71. The van der Waals surface area contributed by atoms with Crippen molar-refractivity contribution >= 4 is 11.5 Å². The van der Waals surface area contributed by atoms with E-state index in [-0.39, 0.29) is 5.78 Å². The second-order valence-corrected chi connectivity index (χ2v) is 6.33. The van der Waals surface area contributed by atoms with Crippen LogP contribution in [0.3, 0.4) is 0 Å². The molecule has 1 aromatic carbocycles. The third kappa shape index (κ3) is 2.77. The number of rotatable bonds is 6. The summed E-state index contributed by atoms with van der Waals surface area (Å²) in [6.45, 7) is 1.41. The molecule has 1 aliphatic heterocycles. The number of aliphatic imine (C=N–C) groups is 1. The Bertz CT molecular complexity index is 924. The molecule has 0 bridgehead atoms. The summed E-state index contributed by atoms with van der Waals surface area (Å²) in [7, 11) is 3.24. The van der Waals surface area contributed by atoms with Crippen LogP contribution in [0.15, 0.2) is 41.2 Å². The van der Waals surface area contributed by atoms with Gasteiger partial charge >= 0.3 is 0 Å². The van der Waals surface area contributed by atoms with Crippen molar-refractivity contribution < 1.29 is 14.3 Å². The fraction of sp³-hybridized carbons (Fsp3) is 0.300. The average molecular weight is 351 g/mol. The van der Waals surface area contributed by atoms with Gasteiger partial charge in [0.2, 0.25) is 5.78 Å². The van der Waals surface area contributed by atoms with Gasteiger partial charge in [-0.05, 0) is 42.2 Å². The first-order valence-corrected chi connectivity index (χ1v) is 8.67. The van der Waals surface area contributed by atoms with E-state index in [0.717, 1.165) is 36.2 Å². The van der Waals surface area contributed by atoms with Gasteiger partial charge in [-0.2, -0.15) is 0 Å². The number of nitrogens with one attached hydrogen (secondary N) is 2. The summed E-state index contributed by atoms with van der Waals surface area (Å²) in [5, 5.41) is 3.26. The summed E-state index contributed by atoms with van der Waals surface area (Å²) in [6, 6.07) is 5.85. The smallest absolute Gasteiger partial charge is 0.225 e. The largest absolute Gasteiger partial charge is 0.493 e. The molecule has 2 heterocycles. The fourth-order valence-electron chi connectivity index (χ4n) is 3.47. The SMILES string of the molecule is COc1ccc(CCNC2=CC3=NCCc4c[nH]c(c43)C2=O)cc1OC. The Morgan fingerprint density at radius 3 is 2.88 bits per heavy atom. The van der Waals surface area contributed by atoms with E-state index in [1.54, 1.807) is 14.2 Å². The molecular formula is C20H21N3O3. The van der Waals surface area contributed by atoms with E-state index in [4.69, 9.17) is 9.47 Å². The minimum absolute atomic E-state index is 0.000545. The molecule has 0 spiro atoms. The minimum atomic E-state index is -0.000545. The van der Waals surface area contributed by atoms with Gasteiger partial charge in [-0.15, -0.1) is 0 Å². The maximum absolute atomic E-state index is 12.7. The molecule has 0 amide bonds. The van der Waals surface area contributed by atoms with Crippen LogP contribution in [0.5, 0.6) is 11.5 Å². The number of methoxy groups -OCH3 is 2. The lowest BCUT2D eigenvalue weighted by molar-refractivity contribution is 0.102. The number of hydrogen-bond acceptors (Lipinski definition) is 5. The number of nitrogens with zero attached hydrogens (tertiary/aromatic N) is 1. The second-order valence-electron chi connectivity index (χ2n) is 6.33. The predicted molar refractivity (Wildman–Crippen MR) is 99.6 cm³/mol. The molecule has 2 N–H and O–H groups in total. The van der Waals surface area contributed by atoms with Crippen LogP contribution < -0.4 is 14.8 Å². The molecule has 0 unspecified atom stereocenters. The number of hydrogen-bond donors (Lipinski definition) is 2. The minimum Gasteiger partial charge on any atom is -0.493 e. The number of aromatic nitrogens is 1. The van der Waals surface area contributed by atoms with Gasteiger partial charge < -0.3 is 19.8 Å². The highest BCUT2D eigenvalue weighted by molar-refractivity contribution is 6.26. The van der Waals surface area contributed by atoms with E-state index >= 15 is 0 Å². The van der Waals surface area contributed by atoms with Crippen molar-refractivity contribution in [3.8, 4) is 11.5 Å². The lowest BCUT2D eigenvalue weighted by Gasteiger charge is -2.19. The average Bonchev–Trinajstić information content (AvgIpc) is 3.11. The molecule has 0 atom stereocenters. The van der Waals surface area contributed by atoms with Gasteiger partial charge in [0.1, 0.15) is 0 Å². The molecule has 0 fully saturated rings. The van der Waals surface area contributed by atoms with Crippen LogP contribution in [0.1, 0.15) is 27.2 Å². The highest BCUT2D eigenvalue weighted by atomic mass is 16.5. The van der Waals surface area contributed by atoms with Crippen LogP contribution in [-0.4, -0.2) is 43.8 Å². The quantitative estimate of drug-likeness (QED) is 0.837. The van der Waals surface area contributed by atoms with Crippen LogP contribution in [0, 0.1) is 0 Å². The number of allylic oxidation sites excluding steroid dienone is 2. The molecule has 6 heteroatoms. The number of benzene rings is 1. The maximum Gasteiger partial charge on any atom is 0.225 e. The third-order valence-electron chi connectivity index (χ3n) is 4.81. The van der Waals surface area contributed by atoms with Crippen LogP contribution >= 0.6 is 0 Å². The Hall–Kier alpha value is -3.02. The van der Waals surface area contributed by atoms with Crippen LogP contribution in [0.2, 0.25) is 0 Å². The van der Waals surface area contributed by atoms with Crippen molar-refractivity contribution in [1.29, 1.82) is 0 Å². The number of H-pyrrole nitrogens is 1. The topological polar surface area (TPSA) is 75.7 Å². The van der Waals surface area contributed by atoms with E-state index in [1.165, 1.54) is 5.56 Å². The number of Topliss-reactive ketones (excluding diaryl/α,β-unsaturated/α-hetero) is 1. The van der Waals surface area contributed by atoms with Crippen LogP contribution in [0.25, 0.3) is 0 Å². The summed E-state index contributed by atoms with van der Waals surface area (Å²) in [4.78, 5) is 20.4. The van der Waals surface area contributed by atoms with Gasteiger partial charge in [-0.3, -0.25) is 9.79 Å². The zero-order valence-electron chi connectivity index (χ0n) is 14.9. The maximum atomic E-state index is 12.7. The lowest BCUT2D eigenvalue weighted by atomic mass is 9.92. The lowest BCUT2D eigenvalue weighted by Crippen LogP contribution is -2.29. The summed E-state index contributed by atoms with van der Waals surface area (Å²) in [6.07, 6.45) is 5.45. The summed E-state index contributed by atoms with van der Waals surface area (Å²) in [5.74, 6) is 1.41. The van der Waals surface area contributed by atoms with Gasteiger partial charge in [0.05, 0.1) is 31.3 Å². The monoisotopic (exact) mass is 351 g/mol. The zero-order chi connectivity index (χ0) is 18.1. The number of carbonyl (C=O) groups is 1. The van der Waals surface area contributed by atoms with Crippen molar-refractivity contribution in [3.63, 3.8) is 0 Å². The molecule has 1 aromatic heterocycles. The Labute approximate surface area is 151 Å².